The predicted octanol–water partition coefficient (Wildman–Crippen LogP) is 1.40. The van der Waals surface area contributed by atoms with Crippen molar-refractivity contribution in [3.05, 3.63) is 42.2 Å². The SMILES string of the molecule is Nc1ccc(-n2ccc(C(=O)OC3CCOC3)n2)cc1. The van der Waals surface area contributed by atoms with Crippen molar-refractivity contribution in [2.45, 2.75) is 12.5 Å². The number of nitrogens with two attached hydrogens (primary N) is 1. The van der Waals surface area contributed by atoms with Crippen molar-refractivity contribution >= 4 is 11.7 Å². The van der Waals surface area contributed by atoms with Gasteiger partial charge in [-0.1, -0.05) is 0 Å². The van der Waals surface area contributed by atoms with Gasteiger partial charge in [0.2, 0.25) is 0 Å². The Hall–Kier alpha value is -2.34. The number of esters is 1. The van der Waals surface area contributed by atoms with Crippen LogP contribution in [0.4, 0.5) is 5.69 Å². The number of aromatic nitrogens is 2. The van der Waals surface area contributed by atoms with Crippen molar-refractivity contribution in [2.24, 2.45) is 0 Å². The van der Waals surface area contributed by atoms with E-state index >= 15 is 0 Å². The molecule has 1 aromatic carbocycles. The van der Waals surface area contributed by atoms with Gasteiger partial charge >= 0.3 is 5.97 Å². The molecule has 2 heterocycles. The number of nitrogens with zero attached hydrogens (tertiary/aromatic N) is 2. The van der Waals surface area contributed by atoms with Crippen molar-refractivity contribution in [2.75, 3.05) is 18.9 Å². The standard InChI is InChI=1S/C14H15N3O3/c15-10-1-3-11(4-2-10)17-7-5-13(16-17)14(18)20-12-6-8-19-9-12/h1-5,7,12H,6,8-9,15H2. The number of anilines is 1. The van der Waals surface area contributed by atoms with E-state index in [0.29, 0.717) is 18.9 Å². The average Bonchev–Trinajstić information content (AvgIpc) is 3.10. The van der Waals surface area contributed by atoms with Crippen LogP contribution in [0.2, 0.25) is 0 Å². The van der Waals surface area contributed by atoms with Crippen molar-refractivity contribution in [1.82, 2.24) is 9.78 Å². The summed E-state index contributed by atoms with van der Waals surface area (Å²) < 4.78 is 12.1. The first-order valence-corrected chi connectivity index (χ1v) is 6.43. The first-order chi connectivity index (χ1) is 9.72. The molecule has 1 fully saturated rings. The summed E-state index contributed by atoms with van der Waals surface area (Å²) in [5, 5.41) is 4.21. The molecule has 0 aliphatic carbocycles. The quantitative estimate of drug-likeness (QED) is 0.675. The molecule has 0 radical (unpaired) electrons. The van der Waals surface area contributed by atoms with Crippen LogP contribution in [0.25, 0.3) is 5.69 Å². The van der Waals surface area contributed by atoms with Crippen LogP contribution in [0.5, 0.6) is 0 Å². The lowest BCUT2D eigenvalue weighted by molar-refractivity contribution is 0.0263. The largest absolute Gasteiger partial charge is 0.455 e. The summed E-state index contributed by atoms with van der Waals surface area (Å²) in [5.41, 5.74) is 7.44. The molecule has 1 saturated heterocycles. The highest BCUT2D eigenvalue weighted by Crippen LogP contribution is 2.13. The monoisotopic (exact) mass is 273 g/mol. The molecule has 1 atom stereocenters. The molecule has 3 rings (SSSR count). The summed E-state index contributed by atoms with van der Waals surface area (Å²) in [4.78, 5) is 11.9. The summed E-state index contributed by atoms with van der Waals surface area (Å²) in [6.45, 7) is 1.10. The van der Waals surface area contributed by atoms with Gasteiger partial charge in [-0.25, -0.2) is 9.48 Å². The van der Waals surface area contributed by atoms with Gasteiger partial charge in [-0.15, -0.1) is 0 Å². The molecular formula is C14H15N3O3. The average molecular weight is 273 g/mol. The van der Waals surface area contributed by atoms with E-state index in [1.807, 2.05) is 12.1 Å². The second-order valence-corrected chi connectivity index (χ2v) is 4.63. The lowest BCUT2D eigenvalue weighted by atomic mass is 10.3. The third-order valence-corrected chi connectivity index (χ3v) is 3.12. The van der Waals surface area contributed by atoms with E-state index in [0.717, 1.165) is 12.1 Å². The second-order valence-electron chi connectivity index (χ2n) is 4.63. The Labute approximate surface area is 116 Å². The molecule has 0 bridgehead atoms. The van der Waals surface area contributed by atoms with E-state index in [1.165, 1.54) is 0 Å². The fourth-order valence-corrected chi connectivity index (χ4v) is 2.02. The van der Waals surface area contributed by atoms with Crippen LogP contribution in [0.15, 0.2) is 36.5 Å². The molecule has 2 aromatic rings. The highest BCUT2D eigenvalue weighted by Gasteiger charge is 2.22. The Balaban J connectivity index is 1.72. The van der Waals surface area contributed by atoms with Crippen LogP contribution in [0.3, 0.4) is 0 Å². The Bertz CT molecular complexity index is 600. The number of carbonyl (C=O) groups excluding carboxylic acids is 1. The minimum absolute atomic E-state index is 0.163. The zero-order valence-electron chi connectivity index (χ0n) is 10.9. The number of hydrogen-bond acceptors (Lipinski definition) is 5. The number of rotatable bonds is 3. The van der Waals surface area contributed by atoms with E-state index in [4.69, 9.17) is 15.2 Å². The van der Waals surface area contributed by atoms with Crippen molar-refractivity contribution < 1.29 is 14.3 Å². The number of ether oxygens (including phenoxy) is 2. The Morgan fingerprint density at radius 3 is 2.85 bits per heavy atom. The second kappa shape index (κ2) is 5.34. The number of carbonyl (C=O) groups is 1. The van der Waals surface area contributed by atoms with Crippen molar-refractivity contribution in [3.8, 4) is 5.69 Å². The maximum absolute atomic E-state index is 11.9. The van der Waals surface area contributed by atoms with Crippen LogP contribution in [0, 0.1) is 0 Å². The van der Waals surface area contributed by atoms with Gasteiger partial charge in [-0.05, 0) is 30.3 Å². The minimum atomic E-state index is -0.422. The lowest BCUT2D eigenvalue weighted by Crippen LogP contribution is -2.18. The van der Waals surface area contributed by atoms with Crippen LogP contribution in [0.1, 0.15) is 16.9 Å². The third-order valence-electron chi connectivity index (χ3n) is 3.12. The zero-order chi connectivity index (χ0) is 13.9. The number of benzene rings is 1. The van der Waals surface area contributed by atoms with Crippen molar-refractivity contribution in [3.63, 3.8) is 0 Å². The molecule has 1 unspecified atom stereocenters. The Morgan fingerprint density at radius 2 is 2.15 bits per heavy atom. The zero-order valence-corrected chi connectivity index (χ0v) is 10.9. The maximum atomic E-state index is 11.9. The number of nitrogen functional groups attached to an aromatic ring is 1. The molecule has 0 amide bonds. The molecule has 1 aromatic heterocycles. The summed E-state index contributed by atoms with van der Waals surface area (Å²) >= 11 is 0. The van der Waals surface area contributed by atoms with E-state index < -0.39 is 5.97 Å². The highest BCUT2D eigenvalue weighted by atomic mass is 16.6. The molecule has 1 aliphatic rings. The van der Waals surface area contributed by atoms with Gasteiger partial charge in [-0.2, -0.15) is 5.10 Å². The van der Waals surface area contributed by atoms with E-state index in [9.17, 15) is 4.79 Å². The van der Waals surface area contributed by atoms with E-state index in [2.05, 4.69) is 5.10 Å². The van der Waals surface area contributed by atoms with Gasteiger partial charge < -0.3 is 15.2 Å². The van der Waals surface area contributed by atoms with Crippen molar-refractivity contribution in [1.29, 1.82) is 0 Å². The Kier molecular flexibility index (Phi) is 3.39. The summed E-state index contributed by atoms with van der Waals surface area (Å²) in [6.07, 6.45) is 2.29. The molecule has 0 saturated carbocycles. The molecule has 0 spiro atoms. The first kappa shape index (κ1) is 12.7. The van der Waals surface area contributed by atoms with Gasteiger partial charge in [0.05, 0.1) is 18.9 Å². The summed E-state index contributed by atoms with van der Waals surface area (Å²) in [5.74, 6) is -0.422. The minimum Gasteiger partial charge on any atom is -0.455 e. The highest BCUT2D eigenvalue weighted by molar-refractivity contribution is 5.87. The van der Waals surface area contributed by atoms with Gasteiger partial charge in [0.1, 0.15) is 6.10 Å². The Morgan fingerprint density at radius 1 is 1.35 bits per heavy atom. The third kappa shape index (κ3) is 2.65. The summed E-state index contributed by atoms with van der Waals surface area (Å²) in [7, 11) is 0. The van der Waals surface area contributed by atoms with Crippen LogP contribution < -0.4 is 5.73 Å². The molecule has 2 N–H and O–H groups in total. The summed E-state index contributed by atoms with van der Waals surface area (Å²) in [6, 6.07) is 8.87. The van der Waals surface area contributed by atoms with Gasteiger partial charge in [0.15, 0.2) is 5.69 Å². The molecular weight excluding hydrogens is 258 g/mol. The molecule has 6 nitrogen and oxygen atoms in total. The normalized spacial score (nSPS) is 18.1. The van der Waals surface area contributed by atoms with E-state index in [1.54, 1.807) is 29.1 Å². The predicted molar refractivity (Wildman–Crippen MR) is 72.6 cm³/mol. The fraction of sp³-hybridized carbons (Fsp3) is 0.286. The van der Waals surface area contributed by atoms with Gasteiger partial charge in [0.25, 0.3) is 0 Å². The first-order valence-electron chi connectivity index (χ1n) is 6.43. The fourth-order valence-electron chi connectivity index (χ4n) is 2.02. The van der Waals surface area contributed by atoms with Gasteiger partial charge in [-0.3, -0.25) is 0 Å². The lowest BCUT2D eigenvalue weighted by Gasteiger charge is -2.08. The van der Waals surface area contributed by atoms with Crippen LogP contribution in [-0.4, -0.2) is 35.1 Å². The molecule has 6 heteroatoms. The maximum Gasteiger partial charge on any atom is 0.359 e. The van der Waals surface area contributed by atoms with Gasteiger partial charge in [0, 0.05) is 18.3 Å². The van der Waals surface area contributed by atoms with E-state index in [-0.39, 0.29) is 11.8 Å². The van der Waals surface area contributed by atoms with Crippen LogP contribution >= 0.6 is 0 Å². The molecule has 20 heavy (non-hydrogen) atoms. The molecule has 104 valence electrons. The van der Waals surface area contributed by atoms with Crippen LogP contribution in [-0.2, 0) is 9.47 Å². The smallest absolute Gasteiger partial charge is 0.359 e. The number of hydrogen-bond donors (Lipinski definition) is 1. The molecule has 1 aliphatic heterocycles. The topological polar surface area (TPSA) is 79.4 Å².